The minimum Gasteiger partial charge on any atom is -0.465 e. The molecule has 1 amide bonds. The molecule has 0 aliphatic carbocycles. The van der Waals surface area contributed by atoms with Gasteiger partial charge in [0.05, 0.1) is 6.61 Å². The largest absolute Gasteiger partial charge is 0.465 e. The van der Waals surface area contributed by atoms with Crippen LogP contribution in [0.2, 0.25) is 0 Å². The average molecular weight is 296 g/mol. The predicted octanol–water partition coefficient (Wildman–Crippen LogP) is 2.07. The third kappa shape index (κ3) is 5.41. The second-order valence-electron chi connectivity index (χ2n) is 5.16. The molecule has 5 nitrogen and oxygen atoms in total. The summed E-state index contributed by atoms with van der Waals surface area (Å²) in [5.41, 5.74) is 5.83. The lowest BCUT2D eigenvalue weighted by Crippen LogP contribution is -2.39. The molecule has 0 fully saturated rings. The molecule has 1 aromatic carbocycles. The lowest BCUT2D eigenvalue weighted by atomic mass is 10.1. The number of hydrogen-bond donors (Lipinski definition) is 1. The highest BCUT2D eigenvalue weighted by atomic mass is 19.1. The Hall–Kier alpha value is -2.11. The van der Waals surface area contributed by atoms with Crippen LogP contribution in [0.1, 0.15) is 31.1 Å². The summed E-state index contributed by atoms with van der Waals surface area (Å²) in [5, 5.41) is 0. The summed E-state index contributed by atoms with van der Waals surface area (Å²) in [7, 11) is 0. The number of carbonyl (C=O) groups excluding carboxylic acids is 2. The summed E-state index contributed by atoms with van der Waals surface area (Å²) >= 11 is 0. The van der Waals surface area contributed by atoms with Crippen molar-refractivity contribution in [2.75, 3.05) is 25.4 Å². The fourth-order valence-corrected chi connectivity index (χ4v) is 1.94. The van der Waals surface area contributed by atoms with Gasteiger partial charge in [0.1, 0.15) is 12.4 Å². The van der Waals surface area contributed by atoms with Crippen molar-refractivity contribution < 1.29 is 18.7 Å². The van der Waals surface area contributed by atoms with E-state index < -0.39 is 17.7 Å². The average Bonchev–Trinajstić information content (AvgIpc) is 2.35. The van der Waals surface area contributed by atoms with Crippen molar-refractivity contribution >= 4 is 17.6 Å². The topological polar surface area (TPSA) is 72.6 Å². The molecule has 1 rings (SSSR count). The molecule has 1 aromatic rings. The van der Waals surface area contributed by atoms with Crippen LogP contribution in [0.15, 0.2) is 18.2 Å². The Bertz CT molecular complexity index is 497. The van der Waals surface area contributed by atoms with E-state index in [1.807, 2.05) is 13.8 Å². The van der Waals surface area contributed by atoms with Gasteiger partial charge in [-0.05, 0) is 31.0 Å². The van der Waals surface area contributed by atoms with Crippen LogP contribution >= 0.6 is 0 Å². The highest BCUT2D eigenvalue weighted by molar-refractivity contribution is 5.96. The van der Waals surface area contributed by atoms with Gasteiger partial charge in [0.2, 0.25) is 0 Å². The normalized spacial score (nSPS) is 10.5. The molecule has 0 spiro atoms. The molecule has 0 bridgehead atoms. The molecule has 0 radical (unpaired) electrons. The summed E-state index contributed by atoms with van der Waals surface area (Å²) in [4.78, 5) is 25.4. The van der Waals surface area contributed by atoms with Crippen LogP contribution in [-0.2, 0) is 9.53 Å². The second-order valence-corrected chi connectivity index (χ2v) is 5.16. The number of nitrogens with two attached hydrogens (primary N) is 1. The number of benzene rings is 1. The number of halogens is 1. The zero-order chi connectivity index (χ0) is 16.0. The molecule has 0 saturated heterocycles. The number of nitrogen functional groups attached to an aromatic ring is 1. The highest BCUT2D eigenvalue weighted by Crippen LogP contribution is 2.14. The van der Waals surface area contributed by atoms with Crippen molar-refractivity contribution in [1.29, 1.82) is 0 Å². The summed E-state index contributed by atoms with van der Waals surface area (Å²) in [6.07, 6.45) is 0. The maximum Gasteiger partial charge on any atom is 0.325 e. The minimum atomic E-state index is -0.584. The van der Waals surface area contributed by atoms with Crippen molar-refractivity contribution in [3.8, 4) is 0 Å². The summed E-state index contributed by atoms with van der Waals surface area (Å²) in [6, 6.07) is 3.63. The van der Waals surface area contributed by atoms with Gasteiger partial charge in [-0.25, -0.2) is 4.39 Å². The zero-order valence-electron chi connectivity index (χ0n) is 12.6. The molecular formula is C15H21FN2O3. The first-order chi connectivity index (χ1) is 9.83. The Morgan fingerprint density at radius 3 is 2.52 bits per heavy atom. The number of amides is 1. The molecular weight excluding hydrogens is 275 g/mol. The van der Waals surface area contributed by atoms with Crippen LogP contribution in [0.4, 0.5) is 10.1 Å². The van der Waals surface area contributed by atoms with E-state index in [2.05, 4.69) is 0 Å². The Morgan fingerprint density at radius 2 is 2.00 bits per heavy atom. The molecule has 21 heavy (non-hydrogen) atoms. The maximum atomic E-state index is 13.4. The van der Waals surface area contributed by atoms with E-state index in [-0.39, 0.29) is 30.3 Å². The van der Waals surface area contributed by atoms with E-state index in [0.717, 1.165) is 12.1 Å². The molecule has 2 N–H and O–H groups in total. The van der Waals surface area contributed by atoms with E-state index in [9.17, 15) is 14.0 Å². The number of carbonyl (C=O) groups is 2. The molecule has 0 unspecified atom stereocenters. The number of esters is 1. The third-order valence-corrected chi connectivity index (χ3v) is 2.67. The van der Waals surface area contributed by atoms with Gasteiger partial charge in [-0.1, -0.05) is 13.8 Å². The quantitative estimate of drug-likeness (QED) is 0.644. The number of nitrogens with zero attached hydrogens (tertiary/aromatic N) is 1. The van der Waals surface area contributed by atoms with Gasteiger partial charge in [-0.15, -0.1) is 0 Å². The number of rotatable bonds is 6. The van der Waals surface area contributed by atoms with Gasteiger partial charge in [0.25, 0.3) is 5.91 Å². The van der Waals surface area contributed by atoms with Gasteiger partial charge in [-0.2, -0.15) is 0 Å². The molecule has 0 aliphatic heterocycles. The Balaban J connectivity index is 2.95. The van der Waals surface area contributed by atoms with Crippen LogP contribution in [0.25, 0.3) is 0 Å². The first-order valence-corrected chi connectivity index (χ1v) is 6.84. The van der Waals surface area contributed by atoms with Crippen molar-refractivity contribution in [2.24, 2.45) is 5.92 Å². The highest BCUT2D eigenvalue weighted by Gasteiger charge is 2.21. The first kappa shape index (κ1) is 16.9. The fourth-order valence-electron chi connectivity index (χ4n) is 1.94. The Kier molecular flexibility index (Phi) is 6.14. The zero-order valence-corrected chi connectivity index (χ0v) is 12.6. The van der Waals surface area contributed by atoms with Gasteiger partial charge >= 0.3 is 5.97 Å². The van der Waals surface area contributed by atoms with Crippen LogP contribution in [0.3, 0.4) is 0 Å². The third-order valence-electron chi connectivity index (χ3n) is 2.67. The lowest BCUT2D eigenvalue weighted by Gasteiger charge is -2.23. The van der Waals surface area contributed by atoms with Crippen molar-refractivity contribution in [1.82, 2.24) is 4.90 Å². The van der Waals surface area contributed by atoms with E-state index in [4.69, 9.17) is 10.5 Å². The molecule has 0 aliphatic rings. The van der Waals surface area contributed by atoms with Crippen LogP contribution in [0.5, 0.6) is 0 Å². The molecule has 0 heterocycles. The molecule has 0 aromatic heterocycles. The van der Waals surface area contributed by atoms with E-state index in [1.165, 1.54) is 11.0 Å². The fraction of sp³-hybridized carbons (Fsp3) is 0.467. The summed E-state index contributed by atoms with van der Waals surface area (Å²) in [6.45, 7) is 5.99. The Morgan fingerprint density at radius 1 is 1.33 bits per heavy atom. The van der Waals surface area contributed by atoms with Gasteiger partial charge < -0.3 is 15.4 Å². The maximum absolute atomic E-state index is 13.4. The van der Waals surface area contributed by atoms with Gasteiger partial charge in [0, 0.05) is 17.8 Å². The SMILES string of the molecule is CCOC(=O)CN(CC(C)C)C(=O)c1cc(N)cc(F)c1. The molecule has 0 saturated carbocycles. The number of ether oxygens (including phenoxy) is 1. The predicted molar refractivity (Wildman–Crippen MR) is 78.2 cm³/mol. The minimum absolute atomic E-state index is 0.123. The van der Waals surface area contributed by atoms with Crippen molar-refractivity contribution in [3.63, 3.8) is 0 Å². The number of hydrogen-bond acceptors (Lipinski definition) is 4. The first-order valence-electron chi connectivity index (χ1n) is 6.84. The Labute approximate surface area is 123 Å². The van der Waals surface area contributed by atoms with E-state index in [1.54, 1.807) is 6.92 Å². The van der Waals surface area contributed by atoms with Crippen molar-refractivity contribution in [3.05, 3.63) is 29.6 Å². The number of anilines is 1. The second kappa shape index (κ2) is 7.61. The van der Waals surface area contributed by atoms with E-state index in [0.29, 0.717) is 6.54 Å². The van der Waals surface area contributed by atoms with Crippen LogP contribution in [-0.4, -0.2) is 36.5 Å². The molecule has 6 heteroatoms. The lowest BCUT2D eigenvalue weighted by molar-refractivity contribution is -0.143. The van der Waals surface area contributed by atoms with Crippen LogP contribution < -0.4 is 5.73 Å². The van der Waals surface area contributed by atoms with E-state index >= 15 is 0 Å². The van der Waals surface area contributed by atoms with Gasteiger partial charge in [0.15, 0.2) is 0 Å². The standard InChI is InChI=1S/C15H21FN2O3/c1-4-21-14(19)9-18(8-10(2)3)15(20)11-5-12(16)7-13(17)6-11/h5-7,10H,4,8-9,17H2,1-3H3. The summed E-state index contributed by atoms with van der Waals surface area (Å²) in [5.74, 6) is -1.35. The van der Waals surface area contributed by atoms with Gasteiger partial charge in [-0.3, -0.25) is 9.59 Å². The molecule has 0 atom stereocenters. The van der Waals surface area contributed by atoms with Crippen LogP contribution in [0, 0.1) is 11.7 Å². The monoisotopic (exact) mass is 296 g/mol. The smallest absolute Gasteiger partial charge is 0.325 e. The van der Waals surface area contributed by atoms with Crippen molar-refractivity contribution in [2.45, 2.75) is 20.8 Å². The summed E-state index contributed by atoms with van der Waals surface area (Å²) < 4.78 is 18.2. The molecule has 116 valence electrons.